The third-order valence-electron chi connectivity index (χ3n) is 4.77. The van der Waals surface area contributed by atoms with E-state index in [1.807, 2.05) is 72.9 Å². The molecule has 1 atom stereocenters. The van der Waals surface area contributed by atoms with Gasteiger partial charge in [0.2, 0.25) is 5.91 Å². The topological polar surface area (TPSA) is 56.1 Å². The number of amides is 1. The van der Waals surface area contributed by atoms with Gasteiger partial charge in [0.25, 0.3) is 0 Å². The predicted molar refractivity (Wildman–Crippen MR) is 124 cm³/mol. The van der Waals surface area contributed by atoms with Crippen LogP contribution in [0.4, 0.5) is 5.69 Å². The second-order valence-corrected chi connectivity index (χ2v) is 8.03. The van der Waals surface area contributed by atoms with Crippen molar-refractivity contribution in [1.82, 2.24) is 9.55 Å². The summed E-state index contributed by atoms with van der Waals surface area (Å²) in [6.07, 6.45) is 3.71. The highest BCUT2D eigenvalue weighted by atomic mass is 32.2. The first-order chi connectivity index (χ1) is 15.2. The van der Waals surface area contributed by atoms with Crippen LogP contribution >= 0.6 is 11.8 Å². The summed E-state index contributed by atoms with van der Waals surface area (Å²) in [6, 6.07) is 27.3. The van der Waals surface area contributed by atoms with E-state index in [-0.39, 0.29) is 5.91 Å². The van der Waals surface area contributed by atoms with Crippen molar-refractivity contribution >= 4 is 23.4 Å². The molecule has 0 aliphatic carbocycles. The summed E-state index contributed by atoms with van der Waals surface area (Å²) in [4.78, 5) is 17.8. The number of imidazole rings is 1. The molecule has 0 radical (unpaired) electrons. The van der Waals surface area contributed by atoms with Crippen molar-refractivity contribution in [2.75, 3.05) is 12.4 Å². The van der Waals surface area contributed by atoms with Crippen LogP contribution in [0.25, 0.3) is 0 Å². The Morgan fingerprint density at radius 1 is 1.03 bits per heavy atom. The second-order valence-electron chi connectivity index (χ2n) is 6.95. The van der Waals surface area contributed by atoms with E-state index < -0.39 is 5.25 Å². The number of aromatic nitrogens is 2. The molecule has 5 nitrogen and oxygen atoms in total. The summed E-state index contributed by atoms with van der Waals surface area (Å²) in [5.74, 6) is 0.582. The van der Waals surface area contributed by atoms with Gasteiger partial charge in [0.1, 0.15) is 11.0 Å². The van der Waals surface area contributed by atoms with Crippen molar-refractivity contribution < 1.29 is 9.53 Å². The van der Waals surface area contributed by atoms with Crippen LogP contribution in [0, 0.1) is 0 Å². The largest absolute Gasteiger partial charge is 0.497 e. The molecule has 0 aliphatic heterocycles. The van der Waals surface area contributed by atoms with Gasteiger partial charge in [0.15, 0.2) is 5.16 Å². The van der Waals surface area contributed by atoms with Gasteiger partial charge in [-0.15, -0.1) is 0 Å². The molecule has 6 heteroatoms. The number of methoxy groups -OCH3 is 1. The number of hydrogen-bond acceptors (Lipinski definition) is 4. The Hall–Kier alpha value is -3.51. The maximum absolute atomic E-state index is 13.3. The number of thioether (sulfide) groups is 1. The van der Waals surface area contributed by atoms with Gasteiger partial charge in [-0.2, -0.15) is 0 Å². The van der Waals surface area contributed by atoms with Crippen LogP contribution in [0.1, 0.15) is 16.4 Å². The van der Waals surface area contributed by atoms with Gasteiger partial charge in [-0.25, -0.2) is 4.98 Å². The average molecular weight is 430 g/mol. The van der Waals surface area contributed by atoms with Crippen LogP contribution in [0.3, 0.4) is 0 Å². The molecule has 1 aromatic heterocycles. The van der Waals surface area contributed by atoms with Gasteiger partial charge in [-0.05, 0) is 23.3 Å². The number of hydrogen-bond donors (Lipinski definition) is 1. The number of carbonyl (C=O) groups is 1. The van der Waals surface area contributed by atoms with Gasteiger partial charge in [0.05, 0.1) is 7.11 Å². The van der Waals surface area contributed by atoms with Crippen molar-refractivity contribution in [2.24, 2.45) is 0 Å². The number of anilines is 1. The highest BCUT2D eigenvalue weighted by Crippen LogP contribution is 2.36. The van der Waals surface area contributed by atoms with E-state index in [1.165, 1.54) is 17.3 Å². The first kappa shape index (κ1) is 20.8. The number of rotatable bonds is 8. The minimum absolute atomic E-state index is 0.112. The van der Waals surface area contributed by atoms with Gasteiger partial charge < -0.3 is 14.6 Å². The Morgan fingerprint density at radius 2 is 1.77 bits per heavy atom. The molecule has 1 N–H and O–H groups in total. The molecule has 3 aromatic carbocycles. The number of carbonyl (C=O) groups excluding carboxylic acids is 1. The quantitative estimate of drug-likeness (QED) is 0.381. The third kappa shape index (κ3) is 5.35. The van der Waals surface area contributed by atoms with Crippen LogP contribution in [0.5, 0.6) is 5.75 Å². The molecule has 1 amide bonds. The normalized spacial score (nSPS) is 11.6. The molecule has 31 heavy (non-hydrogen) atoms. The lowest BCUT2D eigenvalue weighted by molar-refractivity contribution is -0.115. The lowest BCUT2D eigenvalue weighted by Crippen LogP contribution is -2.19. The van der Waals surface area contributed by atoms with Crippen molar-refractivity contribution in [3.63, 3.8) is 0 Å². The van der Waals surface area contributed by atoms with E-state index in [9.17, 15) is 4.79 Å². The second kappa shape index (κ2) is 10.00. The summed E-state index contributed by atoms with van der Waals surface area (Å²) in [7, 11) is 1.61. The zero-order valence-corrected chi connectivity index (χ0v) is 18.0. The van der Waals surface area contributed by atoms with E-state index in [0.29, 0.717) is 18.0 Å². The molecule has 1 unspecified atom stereocenters. The SMILES string of the molecule is COc1cccc(NC(=O)C(Sc2nccn2Cc2ccccc2)c2ccccc2)c1. The number of nitrogens with one attached hydrogen (secondary N) is 1. The van der Waals surface area contributed by atoms with Crippen LogP contribution in [-0.4, -0.2) is 22.6 Å². The van der Waals surface area contributed by atoms with Gasteiger partial charge in [-0.3, -0.25) is 4.79 Å². The Labute approximate surface area is 186 Å². The van der Waals surface area contributed by atoms with E-state index in [4.69, 9.17) is 4.74 Å². The summed E-state index contributed by atoms with van der Waals surface area (Å²) < 4.78 is 7.33. The monoisotopic (exact) mass is 429 g/mol. The minimum Gasteiger partial charge on any atom is -0.497 e. The highest BCUT2D eigenvalue weighted by Gasteiger charge is 2.24. The molecule has 0 aliphatic rings. The standard InChI is InChI=1S/C25H23N3O2S/c1-30-22-14-8-13-21(17-22)27-24(29)23(20-11-6-3-7-12-20)31-25-26-15-16-28(25)18-19-9-4-2-5-10-19/h2-17,23H,18H2,1H3,(H,27,29). The zero-order valence-electron chi connectivity index (χ0n) is 17.1. The summed E-state index contributed by atoms with van der Waals surface area (Å²) in [5.41, 5.74) is 2.79. The van der Waals surface area contributed by atoms with Crippen LogP contribution in [0.2, 0.25) is 0 Å². The first-order valence-corrected chi connectivity index (χ1v) is 10.8. The number of nitrogens with zero attached hydrogens (tertiary/aromatic N) is 2. The lowest BCUT2D eigenvalue weighted by Gasteiger charge is -2.18. The fourth-order valence-electron chi connectivity index (χ4n) is 3.23. The van der Waals surface area contributed by atoms with Crippen molar-refractivity contribution in [3.8, 4) is 5.75 Å². The van der Waals surface area contributed by atoms with E-state index in [1.54, 1.807) is 19.4 Å². The maximum Gasteiger partial charge on any atom is 0.242 e. The molecule has 156 valence electrons. The molecule has 0 saturated carbocycles. The highest BCUT2D eigenvalue weighted by molar-refractivity contribution is 8.00. The summed E-state index contributed by atoms with van der Waals surface area (Å²) in [6.45, 7) is 0.697. The summed E-state index contributed by atoms with van der Waals surface area (Å²) in [5, 5.41) is 3.36. The van der Waals surface area contributed by atoms with Gasteiger partial charge in [0, 0.05) is 30.7 Å². The molecular formula is C25H23N3O2S. The lowest BCUT2D eigenvalue weighted by atomic mass is 10.1. The van der Waals surface area contributed by atoms with E-state index in [2.05, 4.69) is 27.0 Å². The molecule has 0 fully saturated rings. The molecule has 0 bridgehead atoms. The predicted octanol–water partition coefficient (Wildman–Crippen LogP) is 5.41. The number of ether oxygens (including phenoxy) is 1. The van der Waals surface area contributed by atoms with Crippen molar-refractivity contribution in [1.29, 1.82) is 0 Å². The molecule has 1 heterocycles. The Kier molecular flexibility index (Phi) is 6.69. The maximum atomic E-state index is 13.3. The Bertz CT molecular complexity index is 1130. The molecular weight excluding hydrogens is 406 g/mol. The van der Waals surface area contributed by atoms with E-state index >= 15 is 0 Å². The zero-order chi connectivity index (χ0) is 21.5. The van der Waals surface area contributed by atoms with Crippen LogP contribution in [0.15, 0.2) is 102 Å². The minimum atomic E-state index is -0.454. The van der Waals surface area contributed by atoms with E-state index in [0.717, 1.165) is 10.7 Å². The molecule has 4 aromatic rings. The third-order valence-corrected chi connectivity index (χ3v) is 6.05. The summed E-state index contributed by atoms with van der Waals surface area (Å²) >= 11 is 1.44. The smallest absolute Gasteiger partial charge is 0.242 e. The number of benzene rings is 3. The molecule has 4 rings (SSSR count). The van der Waals surface area contributed by atoms with Crippen molar-refractivity contribution in [3.05, 3.63) is 108 Å². The van der Waals surface area contributed by atoms with Gasteiger partial charge in [-0.1, -0.05) is 78.5 Å². The fraction of sp³-hybridized carbons (Fsp3) is 0.120. The van der Waals surface area contributed by atoms with Crippen LogP contribution in [-0.2, 0) is 11.3 Å². The fourth-order valence-corrected chi connectivity index (χ4v) is 4.28. The molecule has 0 saturated heterocycles. The Balaban J connectivity index is 1.58. The van der Waals surface area contributed by atoms with Crippen LogP contribution < -0.4 is 10.1 Å². The van der Waals surface area contributed by atoms with Gasteiger partial charge >= 0.3 is 0 Å². The first-order valence-electron chi connectivity index (χ1n) is 9.94. The van der Waals surface area contributed by atoms with Crippen molar-refractivity contribution in [2.45, 2.75) is 17.0 Å². The average Bonchev–Trinajstić information content (AvgIpc) is 3.25. The Morgan fingerprint density at radius 3 is 2.52 bits per heavy atom. The molecule has 0 spiro atoms.